The van der Waals surface area contributed by atoms with E-state index in [1.54, 1.807) is 0 Å². The van der Waals surface area contributed by atoms with Crippen molar-refractivity contribution in [3.05, 3.63) is 0 Å². The van der Waals surface area contributed by atoms with Gasteiger partial charge in [-0.2, -0.15) is 0 Å². The largest absolute Gasteiger partial charge is 0.220 e. The van der Waals surface area contributed by atoms with E-state index in [4.69, 9.17) is 33.2 Å². The Kier molecular flexibility index (Phi) is 4.40. The molecule has 0 aliphatic rings. The molecule has 0 amide bonds. The van der Waals surface area contributed by atoms with Crippen LogP contribution in [0, 0.1) is 0 Å². The molecule has 0 N–H and O–H groups in total. The van der Waals surface area contributed by atoms with E-state index in [1.165, 1.54) is 0 Å². The van der Waals surface area contributed by atoms with E-state index in [0.29, 0.717) is 0 Å². The second-order valence-electron chi connectivity index (χ2n) is 0.399. The normalized spacial score (nSPS) is 7.00. The third-order valence-corrected chi connectivity index (χ3v) is 6.68. The minimum absolute atomic E-state index is 0.164. The van der Waals surface area contributed by atoms with Crippen LogP contribution in [0.15, 0.2) is 0 Å². The molecule has 0 rings (SSSR count). The van der Waals surface area contributed by atoms with Gasteiger partial charge < -0.3 is 0 Å². The molecule has 0 aliphatic heterocycles. The Morgan fingerprint density at radius 2 is 1.60 bits per heavy atom. The number of hydrogen-bond donors (Lipinski definition) is 0. The molecular formula is HCl3Si2. The minimum atomic E-state index is -1.08. The highest BCUT2D eigenvalue weighted by Crippen LogP contribution is 1.81. The smallest absolute Gasteiger partial charge is 0.145 e. The third kappa shape index (κ3) is 5.30. The van der Waals surface area contributed by atoms with Crippen molar-refractivity contribution in [2.45, 2.75) is 0 Å². The van der Waals surface area contributed by atoms with Crippen LogP contribution in [0.2, 0.25) is 0 Å². The number of halogens is 3. The van der Waals surface area contributed by atoms with Crippen LogP contribution in [0.1, 0.15) is 0 Å². The summed E-state index contributed by atoms with van der Waals surface area (Å²) in [6.45, 7) is -1.08. The molecule has 0 atom stereocenters. The quantitative estimate of drug-likeness (QED) is 0.370. The lowest BCUT2D eigenvalue weighted by Crippen LogP contribution is -1.73. The highest BCUT2D eigenvalue weighted by molar-refractivity contribution is 7.46. The molecule has 0 unspecified atom stereocenters. The van der Waals surface area contributed by atoms with Crippen molar-refractivity contribution in [3.8, 4) is 0 Å². The van der Waals surface area contributed by atoms with Gasteiger partial charge in [0, 0.05) is 0 Å². The summed E-state index contributed by atoms with van der Waals surface area (Å²) in [6, 6.07) is 0. The summed E-state index contributed by atoms with van der Waals surface area (Å²) in [5.74, 6) is 0. The van der Waals surface area contributed by atoms with Crippen LogP contribution >= 0.6 is 33.2 Å². The first-order chi connectivity index (χ1) is 2.27. The Morgan fingerprint density at radius 3 is 1.60 bits per heavy atom. The van der Waals surface area contributed by atoms with Crippen LogP contribution in [-0.4, -0.2) is 14.4 Å². The molecular weight excluding hydrogens is 163 g/mol. The fourth-order valence-corrected chi connectivity index (χ4v) is 0. The molecule has 0 saturated heterocycles. The van der Waals surface area contributed by atoms with Gasteiger partial charge in [-0.3, -0.25) is 0 Å². The average molecular weight is 164 g/mol. The first kappa shape index (κ1) is 6.30. The molecule has 0 heterocycles. The maximum Gasteiger partial charge on any atom is 0.220 e. The topological polar surface area (TPSA) is 0 Å². The fourth-order valence-electron chi connectivity index (χ4n) is 0. The SMILES string of the molecule is Cl[SiH]=[Si](Cl)Cl. The summed E-state index contributed by atoms with van der Waals surface area (Å²) in [7, 11) is -0.164. The molecule has 0 aromatic rings. The Hall–Kier alpha value is 1.30. The van der Waals surface area contributed by atoms with E-state index in [9.17, 15) is 0 Å². The van der Waals surface area contributed by atoms with Gasteiger partial charge in [0.15, 0.2) is 0 Å². The van der Waals surface area contributed by atoms with Crippen LogP contribution < -0.4 is 0 Å². The second kappa shape index (κ2) is 3.49. The number of rotatable bonds is 0. The lowest BCUT2D eigenvalue weighted by molar-refractivity contribution is 4.12. The molecule has 0 saturated carbocycles. The lowest BCUT2D eigenvalue weighted by atomic mass is 27.2. The average Bonchev–Trinajstić information content (AvgIpc) is 1.38. The third-order valence-electron chi connectivity index (χ3n) is 0.0825. The van der Waals surface area contributed by atoms with Crippen molar-refractivity contribution in [3.63, 3.8) is 0 Å². The first-order valence-electron chi connectivity index (χ1n) is 0.885. The van der Waals surface area contributed by atoms with Gasteiger partial charge in [0.1, 0.15) is 7.92 Å². The summed E-state index contributed by atoms with van der Waals surface area (Å²) >= 11 is 15.7. The van der Waals surface area contributed by atoms with Crippen molar-refractivity contribution in [1.29, 1.82) is 0 Å². The van der Waals surface area contributed by atoms with Gasteiger partial charge >= 0.3 is 0 Å². The first-order valence-corrected chi connectivity index (χ1v) is 7.96. The summed E-state index contributed by atoms with van der Waals surface area (Å²) in [5, 5.41) is 0. The van der Waals surface area contributed by atoms with Crippen LogP contribution in [0.4, 0.5) is 0 Å². The summed E-state index contributed by atoms with van der Waals surface area (Å²) < 4.78 is 0. The van der Waals surface area contributed by atoms with Crippen LogP contribution in [0.3, 0.4) is 0 Å². The maximum absolute atomic E-state index is 5.23. The van der Waals surface area contributed by atoms with Gasteiger partial charge in [-0.1, -0.05) is 0 Å². The molecule has 30 valence electrons. The van der Waals surface area contributed by atoms with Gasteiger partial charge in [0.05, 0.1) is 0 Å². The fraction of sp³-hybridized carbons (Fsp3) is 0. The van der Waals surface area contributed by atoms with E-state index in [-0.39, 0.29) is 7.92 Å². The Labute approximate surface area is 47.9 Å². The predicted molar refractivity (Wildman–Crippen MR) is 30.5 cm³/mol. The zero-order valence-electron chi connectivity index (χ0n) is 2.21. The lowest BCUT2D eigenvalue weighted by Gasteiger charge is -1.61. The molecule has 5 heteroatoms. The minimum Gasteiger partial charge on any atom is -0.145 e. The molecule has 5 heavy (non-hydrogen) atoms. The van der Waals surface area contributed by atoms with Gasteiger partial charge in [-0.15, -0.1) is 33.2 Å². The van der Waals surface area contributed by atoms with Gasteiger partial charge in [0.2, 0.25) is 6.51 Å². The predicted octanol–water partition coefficient (Wildman–Crippen LogP) is 1.04. The van der Waals surface area contributed by atoms with E-state index >= 15 is 0 Å². The molecule has 0 radical (unpaired) electrons. The van der Waals surface area contributed by atoms with Gasteiger partial charge in [0.25, 0.3) is 0 Å². The molecule has 0 aromatic heterocycles. The van der Waals surface area contributed by atoms with E-state index in [0.717, 1.165) is 0 Å². The van der Waals surface area contributed by atoms with Crippen molar-refractivity contribution >= 4 is 47.7 Å². The van der Waals surface area contributed by atoms with Gasteiger partial charge in [-0.05, 0) is 0 Å². The Balaban J connectivity index is 3.14. The zero-order valence-corrected chi connectivity index (χ0v) is 6.63. The molecule has 0 nitrogen and oxygen atoms in total. The van der Waals surface area contributed by atoms with Gasteiger partial charge in [-0.25, -0.2) is 0 Å². The molecule has 0 fully saturated rings. The number of hydrogen-bond acceptors (Lipinski definition) is 0. The highest BCUT2D eigenvalue weighted by atomic mass is 35.7. The van der Waals surface area contributed by atoms with E-state index in [1.807, 2.05) is 0 Å². The molecule has 0 aliphatic carbocycles. The zero-order chi connectivity index (χ0) is 4.28. The van der Waals surface area contributed by atoms with Crippen molar-refractivity contribution in [2.75, 3.05) is 0 Å². The Morgan fingerprint density at radius 1 is 1.40 bits per heavy atom. The molecule has 0 spiro atoms. The highest BCUT2D eigenvalue weighted by Gasteiger charge is 1.75. The van der Waals surface area contributed by atoms with Crippen molar-refractivity contribution < 1.29 is 0 Å². The Bertz CT molecular complexity index is 42.9. The van der Waals surface area contributed by atoms with Crippen LogP contribution in [-0.2, 0) is 0 Å². The maximum atomic E-state index is 5.23. The summed E-state index contributed by atoms with van der Waals surface area (Å²) in [4.78, 5) is 0. The summed E-state index contributed by atoms with van der Waals surface area (Å²) in [5.41, 5.74) is 0. The van der Waals surface area contributed by atoms with Crippen LogP contribution in [0.5, 0.6) is 0 Å². The molecule has 0 aromatic carbocycles. The van der Waals surface area contributed by atoms with Crippen LogP contribution in [0.25, 0.3) is 0 Å². The van der Waals surface area contributed by atoms with Crippen molar-refractivity contribution in [2.24, 2.45) is 0 Å². The van der Waals surface area contributed by atoms with E-state index in [2.05, 4.69) is 0 Å². The second-order valence-corrected chi connectivity index (χ2v) is 10.8. The summed E-state index contributed by atoms with van der Waals surface area (Å²) in [6.07, 6.45) is 0. The standard InChI is InChI=1S/Cl3HSi2/c1-4-5(2)3/h4H. The molecule has 0 bridgehead atoms. The van der Waals surface area contributed by atoms with Crippen molar-refractivity contribution in [1.82, 2.24) is 0 Å². The van der Waals surface area contributed by atoms with E-state index < -0.39 is 6.51 Å². The monoisotopic (exact) mass is 162 g/mol.